The second-order valence-electron chi connectivity index (χ2n) is 3.17. The van der Waals surface area contributed by atoms with Gasteiger partial charge < -0.3 is 9.47 Å². The maximum atomic E-state index is 10.9. The zero-order valence-corrected chi connectivity index (χ0v) is 8.13. The van der Waals surface area contributed by atoms with Crippen molar-refractivity contribution in [1.29, 1.82) is 0 Å². The van der Waals surface area contributed by atoms with Crippen LogP contribution in [-0.4, -0.2) is 26.3 Å². The molecule has 72 valence electrons. The van der Waals surface area contributed by atoms with Gasteiger partial charge in [-0.2, -0.15) is 0 Å². The molecule has 0 aromatic rings. The van der Waals surface area contributed by atoms with Gasteiger partial charge in [-0.3, -0.25) is 4.79 Å². The molecular formula is C9H18O3. The fraction of sp³-hybridized carbons (Fsp3) is 0.889. The van der Waals surface area contributed by atoms with E-state index in [1.54, 1.807) is 7.11 Å². The molecule has 0 aliphatic carbocycles. The van der Waals surface area contributed by atoms with Crippen molar-refractivity contribution in [2.75, 3.05) is 20.3 Å². The van der Waals surface area contributed by atoms with Crippen LogP contribution in [0.5, 0.6) is 0 Å². The Labute approximate surface area is 74.0 Å². The van der Waals surface area contributed by atoms with Gasteiger partial charge in [-0.25, -0.2) is 0 Å². The van der Waals surface area contributed by atoms with Gasteiger partial charge in [0.25, 0.3) is 0 Å². The molecule has 0 heterocycles. The summed E-state index contributed by atoms with van der Waals surface area (Å²) in [5, 5.41) is 0. The summed E-state index contributed by atoms with van der Waals surface area (Å²) < 4.78 is 9.77. The molecule has 0 aliphatic rings. The highest BCUT2D eigenvalue weighted by atomic mass is 16.5. The Kier molecular flexibility index (Phi) is 6.76. The molecule has 0 N–H and O–H groups in total. The van der Waals surface area contributed by atoms with Crippen molar-refractivity contribution >= 4 is 5.97 Å². The number of carbonyl (C=O) groups is 1. The lowest BCUT2D eigenvalue weighted by atomic mass is 10.2. The first-order chi connectivity index (χ1) is 5.66. The molecule has 0 aliphatic heterocycles. The Bertz CT molecular complexity index is 121. The Morgan fingerprint density at radius 1 is 1.42 bits per heavy atom. The summed E-state index contributed by atoms with van der Waals surface area (Å²) in [6.45, 7) is 5.17. The molecular weight excluding hydrogens is 156 g/mol. The fourth-order valence-corrected chi connectivity index (χ4v) is 0.693. The molecule has 0 aromatic heterocycles. The number of ether oxygens (including phenoxy) is 2. The SMILES string of the molecule is COCCCC(=O)OCC(C)C. The van der Waals surface area contributed by atoms with Crippen LogP contribution in [0.25, 0.3) is 0 Å². The van der Waals surface area contributed by atoms with Crippen LogP contribution in [0.4, 0.5) is 0 Å². The second-order valence-corrected chi connectivity index (χ2v) is 3.17. The highest BCUT2D eigenvalue weighted by molar-refractivity contribution is 5.69. The Hall–Kier alpha value is -0.570. The van der Waals surface area contributed by atoms with Crippen molar-refractivity contribution in [3.8, 4) is 0 Å². The van der Waals surface area contributed by atoms with Crippen molar-refractivity contribution in [3.63, 3.8) is 0 Å². The van der Waals surface area contributed by atoms with E-state index in [1.807, 2.05) is 13.8 Å². The largest absolute Gasteiger partial charge is 0.465 e. The molecule has 0 rings (SSSR count). The minimum atomic E-state index is -0.124. The van der Waals surface area contributed by atoms with E-state index in [1.165, 1.54) is 0 Å². The van der Waals surface area contributed by atoms with Gasteiger partial charge in [-0.1, -0.05) is 13.8 Å². The number of hydrogen-bond acceptors (Lipinski definition) is 3. The van der Waals surface area contributed by atoms with Crippen LogP contribution in [0.2, 0.25) is 0 Å². The summed E-state index contributed by atoms with van der Waals surface area (Å²) >= 11 is 0. The number of carbonyl (C=O) groups excluding carboxylic acids is 1. The Morgan fingerprint density at radius 2 is 2.08 bits per heavy atom. The van der Waals surface area contributed by atoms with Crippen LogP contribution in [0, 0.1) is 5.92 Å². The first kappa shape index (κ1) is 11.4. The van der Waals surface area contributed by atoms with Gasteiger partial charge in [0.15, 0.2) is 0 Å². The van der Waals surface area contributed by atoms with Gasteiger partial charge in [0.05, 0.1) is 6.61 Å². The van der Waals surface area contributed by atoms with Crippen molar-refractivity contribution in [2.45, 2.75) is 26.7 Å². The summed E-state index contributed by atoms with van der Waals surface area (Å²) in [5.41, 5.74) is 0. The highest BCUT2D eigenvalue weighted by Gasteiger charge is 2.03. The zero-order chi connectivity index (χ0) is 9.40. The van der Waals surface area contributed by atoms with Crippen LogP contribution in [-0.2, 0) is 14.3 Å². The standard InChI is InChI=1S/C9H18O3/c1-8(2)7-12-9(10)5-4-6-11-3/h8H,4-7H2,1-3H3. The molecule has 0 amide bonds. The molecule has 0 atom stereocenters. The third-order valence-corrected chi connectivity index (χ3v) is 1.31. The van der Waals surface area contributed by atoms with Crippen LogP contribution in [0.3, 0.4) is 0 Å². The summed E-state index contributed by atoms with van der Waals surface area (Å²) in [7, 11) is 1.62. The van der Waals surface area contributed by atoms with E-state index in [0.717, 1.165) is 6.42 Å². The Balaban J connectivity index is 3.22. The number of esters is 1. The number of methoxy groups -OCH3 is 1. The topological polar surface area (TPSA) is 35.5 Å². The molecule has 0 radical (unpaired) electrons. The quantitative estimate of drug-likeness (QED) is 0.453. The fourth-order valence-electron chi connectivity index (χ4n) is 0.693. The van der Waals surface area contributed by atoms with E-state index in [9.17, 15) is 4.79 Å². The molecule has 3 nitrogen and oxygen atoms in total. The van der Waals surface area contributed by atoms with Gasteiger partial charge in [0.2, 0.25) is 0 Å². The van der Waals surface area contributed by atoms with Crippen molar-refractivity contribution in [1.82, 2.24) is 0 Å². The predicted molar refractivity (Wildman–Crippen MR) is 46.9 cm³/mol. The first-order valence-electron chi connectivity index (χ1n) is 4.31. The summed E-state index contributed by atoms with van der Waals surface area (Å²) in [4.78, 5) is 10.9. The van der Waals surface area contributed by atoms with Gasteiger partial charge >= 0.3 is 5.97 Å². The smallest absolute Gasteiger partial charge is 0.305 e. The van der Waals surface area contributed by atoms with Gasteiger partial charge in [0.1, 0.15) is 0 Å². The molecule has 0 saturated heterocycles. The average Bonchev–Trinajstić information content (AvgIpc) is 2.01. The van der Waals surface area contributed by atoms with E-state index in [-0.39, 0.29) is 5.97 Å². The molecule has 0 aromatic carbocycles. The van der Waals surface area contributed by atoms with Crippen LogP contribution in [0.1, 0.15) is 26.7 Å². The molecule has 0 spiro atoms. The minimum Gasteiger partial charge on any atom is -0.465 e. The van der Waals surface area contributed by atoms with Crippen LogP contribution >= 0.6 is 0 Å². The van der Waals surface area contributed by atoms with E-state index in [2.05, 4.69) is 0 Å². The molecule has 12 heavy (non-hydrogen) atoms. The van der Waals surface area contributed by atoms with Crippen molar-refractivity contribution in [2.24, 2.45) is 5.92 Å². The third kappa shape index (κ3) is 7.54. The van der Waals surface area contributed by atoms with Gasteiger partial charge in [-0.15, -0.1) is 0 Å². The van der Waals surface area contributed by atoms with Crippen molar-refractivity contribution in [3.05, 3.63) is 0 Å². The zero-order valence-electron chi connectivity index (χ0n) is 8.13. The lowest BCUT2D eigenvalue weighted by Crippen LogP contribution is -2.10. The molecule has 0 fully saturated rings. The van der Waals surface area contributed by atoms with Crippen LogP contribution < -0.4 is 0 Å². The average molecular weight is 174 g/mol. The molecule has 3 heteroatoms. The maximum Gasteiger partial charge on any atom is 0.305 e. The lowest BCUT2D eigenvalue weighted by Gasteiger charge is -2.06. The number of hydrogen-bond donors (Lipinski definition) is 0. The second kappa shape index (κ2) is 7.10. The predicted octanol–water partition coefficient (Wildman–Crippen LogP) is 1.61. The highest BCUT2D eigenvalue weighted by Crippen LogP contribution is 1.97. The van der Waals surface area contributed by atoms with E-state index in [4.69, 9.17) is 9.47 Å². The van der Waals surface area contributed by atoms with Gasteiger partial charge in [0, 0.05) is 20.1 Å². The lowest BCUT2D eigenvalue weighted by molar-refractivity contribution is -0.145. The van der Waals surface area contributed by atoms with Crippen LogP contribution in [0.15, 0.2) is 0 Å². The minimum absolute atomic E-state index is 0.124. The summed E-state index contributed by atoms with van der Waals surface area (Å²) in [5.74, 6) is 0.289. The summed E-state index contributed by atoms with van der Waals surface area (Å²) in [6.07, 6.45) is 1.20. The Morgan fingerprint density at radius 3 is 2.58 bits per heavy atom. The molecule has 0 bridgehead atoms. The van der Waals surface area contributed by atoms with Crippen molar-refractivity contribution < 1.29 is 14.3 Å². The third-order valence-electron chi connectivity index (χ3n) is 1.31. The maximum absolute atomic E-state index is 10.9. The van der Waals surface area contributed by atoms with E-state index >= 15 is 0 Å². The first-order valence-corrected chi connectivity index (χ1v) is 4.31. The van der Waals surface area contributed by atoms with E-state index in [0.29, 0.717) is 25.6 Å². The summed E-state index contributed by atoms with van der Waals surface area (Å²) in [6, 6.07) is 0. The van der Waals surface area contributed by atoms with Gasteiger partial charge in [-0.05, 0) is 12.3 Å². The molecule has 0 saturated carbocycles. The monoisotopic (exact) mass is 174 g/mol. The normalized spacial score (nSPS) is 10.3. The number of rotatable bonds is 6. The van der Waals surface area contributed by atoms with E-state index < -0.39 is 0 Å². The molecule has 0 unspecified atom stereocenters.